The number of nitrogens with zero attached hydrogens (tertiary/aromatic N) is 1. The predicted molar refractivity (Wildman–Crippen MR) is 67.5 cm³/mol. The number of guanidine groups is 1. The van der Waals surface area contributed by atoms with E-state index in [2.05, 4.69) is 10.3 Å². The molecule has 3 nitrogen and oxygen atoms in total. The molecule has 0 aliphatic heterocycles. The van der Waals surface area contributed by atoms with Crippen molar-refractivity contribution in [3.63, 3.8) is 0 Å². The van der Waals surface area contributed by atoms with Gasteiger partial charge in [-0.2, -0.15) is 0 Å². The Balaban J connectivity index is 2.00. The Morgan fingerprint density at radius 2 is 2.11 bits per heavy atom. The Bertz CT molecular complexity index is 473. The van der Waals surface area contributed by atoms with Crippen molar-refractivity contribution in [2.75, 3.05) is 0 Å². The molecule has 18 heavy (non-hydrogen) atoms. The maximum Gasteiger partial charge on any atom is 0.189 e. The summed E-state index contributed by atoms with van der Waals surface area (Å²) in [7, 11) is 0. The highest BCUT2D eigenvalue weighted by Gasteiger charge is 2.17. The summed E-state index contributed by atoms with van der Waals surface area (Å²) in [5.74, 6) is -0.982. The molecular weight excluding hydrogens is 260 g/mol. The van der Waals surface area contributed by atoms with Gasteiger partial charge in [-0.1, -0.05) is 11.6 Å². The molecule has 6 heteroatoms. The molecule has 1 aromatic carbocycles. The van der Waals surface area contributed by atoms with Gasteiger partial charge in [0.05, 0.1) is 11.6 Å². The molecule has 0 bridgehead atoms. The van der Waals surface area contributed by atoms with Crippen LogP contribution in [0.5, 0.6) is 0 Å². The highest BCUT2D eigenvalue weighted by Crippen LogP contribution is 2.20. The van der Waals surface area contributed by atoms with Gasteiger partial charge in [0, 0.05) is 11.6 Å². The van der Waals surface area contributed by atoms with Gasteiger partial charge in [0.2, 0.25) is 0 Å². The lowest BCUT2D eigenvalue weighted by Gasteiger charge is -2.26. The minimum atomic E-state index is -0.659. The second kappa shape index (κ2) is 5.52. The fourth-order valence-corrected chi connectivity index (χ4v) is 1.81. The predicted octanol–water partition coefficient (Wildman–Crippen LogP) is 2.58. The average Bonchev–Trinajstić information content (AvgIpc) is 2.27. The minimum absolute atomic E-state index is 0.00846. The van der Waals surface area contributed by atoms with Crippen LogP contribution in [0.3, 0.4) is 0 Å². The lowest BCUT2D eigenvalue weighted by molar-refractivity contribution is 0.382. The number of halogens is 3. The third-order valence-electron chi connectivity index (χ3n) is 2.97. The Morgan fingerprint density at radius 3 is 2.72 bits per heavy atom. The molecule has 98 valence electrons. The summed E-state index contributed by atoms with van der Waals surface area (Å²) in [6.45, 7) is -0.00846. The second-order valence-corrected chi connectivity index (χ2v) is 4.74. The normalized spacial score (nSPS) is 16.5. The summed E-state index contributed by atoms with van der Waals surface area (Å²) < 4.78 is 26.6. The number of nitrogens with one attached hydrogen (secondary N) is 1. The number of hydrogen-bond donors (Lipinski definition) is 2. The van der Waals surface area contributed by atoms with Gasteiger partial charge in [-0.05, 0) is 31.4 Å². The summed E-state index contributed by atoms with van der Waals surface area (Å²) in [5, 5.41) is 2.78. The van der Waals surface area contributed by atoms with E-state index in [9.17, 15) is 8.78 Å². The molecule has 0 spiro atoms. The van der Waals surface area contributed by atoms with E-state index in [1.807, 2.05) is 0 Å². The SMILES string of the molecule is NC(=NCc1cc(F)c(Cl)cc1F)NC1CCC1. The molecule has 1 saturated carbocycles. The molecule has 1 aliphatic carbocycles. The van der Waals surface area contributed by atoms with Gasteiger partial charge in [0.25, 0.3) is 0 Å². The van der Waals surface area contributed by atoms with Crippen molar-refractivity contribution in [1.29, 1.82) is 0 Å². The van der Waals surface area contributed by atoms with Crippen LogP contribution in [0.15, 0.2) is 17.1 Å². The Hall–Kier alpha value is -1.36. The lowest BCUT2D eigenvalue weighted by Crippen LogP contribution is -2.43. The van der Waals surface area contributed by atoms with Gasteiger partial charge in [-0.3, -0.25) is 0 Å². The first-order chi connectivity index (χ1) is 8.56. The molecule has 0 saturated heterocycles. The van der Waals surface area contributed by atoms with Gasteiger partial charge in [0.1, 0.15) is 11.6 Å². The van der Waals surface area contributed by atoms with Crippen LogP contribution >= 0.6 is 11.6 Å². The van der Waals surface area contributed by atoms with E-state index in [1.165, 1.54) is 6.42 Å². The quantitative estimate of drug-likeness (QED) is 0.505. The van der Waals surface area contributed by atoms with Gasteiger partial charge in [-0.15, -0.1) is 0 Å². The second-order valence-electron chi connectivity index (χ2n) is 4.33. The van der Waals surface area contributed by atoms with E-state index in [0.29, 0.717) is 6.04 Å². The van der Waals surface area contributed by atoms with Crippen LogP contribution in [0.1, 0.15) is 24.8 Å². The zero-order valence-electron chi connectivity index (χ0n) is 9.72. The lowest BCUT2D eigenvalue weighted by atomic mass is 9.93. The van der Waals surface area contributed by atoms with Crippen molar-refractivity contribution in [2.45, 2.75) is 31.8 Å². The Kier molecular flexibility index (Phi) is 4.01. The van der Waals surface area contributed by atoms with Gasteiger partial charge in [0.15, 0.2) is 5.96 Å². The van der Waals surface area contributed by atoms with E-state index in [4.69, 9.17) is 17.3 Å². The van der Waals surface area contributed by atoms with Gasteiger partial charge < -0.3 is 11.1 Å². The molecule has 1 aliphatic rings. The number of benzene rings is 1. The summed E-state index contributed by atoms with van der Waals surface area (Å²) in [6.07, 6.45) is 3.32. The zero-order chi connectivity index (χ0) is 13.1. The molecule has 0 atom stereocenters. The topological polar surface area (TPSA) is 50.4 Å². The van der Waals surface area contributed by atoms with Crippen LogP contribution in [0.4, 0.5) is 8.78 Å². The summed E-state index contributed by atoms with van der Waals surface area (Å²) >= 11 is 5.46. The standard InChI is InChI=1S/C12H14ClF2N3/c13-9-5-10(14)7(4-11(9)15)6-17-12(16)18-8-2-1-3-8/h4-5,8H,1-3,6H2,(H3,16,17,18). The smallest absolute Gasteiger partial charge is 0.189 e. The Labute approximate surface area is 109 Å². The Morgan fingerprint density at radius 1 is 1.39 bits per heavy atom. The van der Waals surface area contributed by atoms with Gasteiger partial charge >= 0.3 is 0 Å². The maximum atomic E-state index is 13.4. The molecular formula is C12H14ClF2N3. The van der Waals surface area contributed by atoms with Gasteiger partial charge in [-0.25, -0.2) is 13.8 Å². The average molecular weight is 274 g/mol. The fourth-order valence-electron chi connectivity index (χ4n) is 1.66. The van der Waals surface area contributed by atoms with Crippen LogP contribution in [0, 0.1) is 11.6 Å². The molecule has 1 aromatic rings. The third kappa shape index (κ3) is 3.10. The molecule has 0 aromatic heterocycles. The number of rotatable bonds is 3. The van der Waals surface area contributed by atoms with Crippen molar-refractivity contribution < 1.29 is 8.78 Å². The van der Waals surface area contributed by atoms with Crippen molar-refractivity contribution in [1.82, 2.24) is 5.32 Å². The summed E-state index contributed by atoms with van der Waals surface area (Å²) in [6, 6.07) is 2.34. The third-order valence-corrected chi connectivity index (χ3v) is 3.26. The first kappa shape index (κ1) is 13.1. The van der Waals surface area contributed by atoms with Crippen LogP contribution < -0.4 is 11.1 Å². The van der Waals surface area contributed by atoms with Crippen molar-refractivity contribution in [3.05, 3.63) is 34.4 Å². The van der Waals surface area contributed by atoms with Crippen molar-refractivity contribution in [2.24, 2.45) is 10.7 Å². The highest BCUT2D eigenvalue weighted by molar-refractivity contribution is 6.30. The number of nitrogens with two attached hydrogens (primary N) is 1. The van der Waals surface area contributed by atoms with E-state index >= 15 is 0 Å². The largest absolute Gasteiger partial charge is 0.370 e. The number of hydrogen-bond acceptors (Lipinski definition) is 1. The first-order valence-corrected chi connectivity index (χ1v) is 6.14. The van der Waals surface area contributed by atoms with Crippen LogP contribution in [-0.4, -0.2) is 12.0 Å². The van der Waals surface area contributed by atoms with Crippen molar-refractivity contribution in [3.8, 4) is 0 Å². The molecule has 2 rings (SSSR count). The molecule has 0 unspecified atom stereocenters. The zero-order valence-corrected chi connectivity index (χ0v) is 10.5. The molecule has 0 amide bonds. The molecule has 3 N–H and O–H groups in total. The van der Waals surface area contributed by atoms with E-state index < -0.39 is 11.6 Å². The summed E-state index contributed by atoms with van der Waals surface area (Å²) in [4.78, 5) is 3.98. The molecule has 1 fully saturated rings. The molecule has 0 radical (unpaired) electrons. The van der Waals surface area contributed by atoms with E-state index in [0.717, 1.165) is 25.0 Å². The minimum Gasteiger partial charge on any atom is -0.370 e. The molecule has 0 heterocycles. The van der Waals surface area contributed by atoms with Crippen LogP contribution in [-0.2, 0) is 6.54 Å². The first-order valence-electron chi connectivity index (χ1n) is 5.76. The van der Waals surface area contributed by atoms with E-state index in [-0.39, 0.29) is 23.1 Å². The van der Waals surface area contributed by atoms with Crippen LogP contribution in [0.2, 0.25) is 5.02 Å². The monoisotopic (exact) mass is 273 g/mol. The van der Waals surface area contributed by atoms with E-state index in [1.54, 1.807) is 0 Å². The van der Waals surface area contributed by atoms with Crippen molar-refractivity contribution >= 4 is 17.6 Å². The van der Waals surface area contributed by atoms with Crippen LogP contribution in [0.25, 0.3) is 0 Å². The fraction of sp³-hybridized carbons (Fsp3) is 0.417. The maximum absolute atomic E-state index is 13.4. The number of aliphatic imine (C=N–C) groups is 1. The highest BCUT2D eigenvalue weighted by atomic mass is 35.5. The summed E-state index contributed by atoms with van der Waals surface area (Å²) in [5.41, 5.74) is 5.78.